The third kappa shape index (κ3) is 2.58. The Bertz CT molecular complexity index is 522. The topological polar surface area (TPSA) is 64.9 Å². The Morgan fingerprint density at radius 3 is 2.88 bits per heavy atom. The Balaban J connectivity index is 2.34. The average Bonchev–Trinajstić information content (AvgIpc) is 2.69. The quantitative estimate of drug-likeness (QED) is 0.851. The van der Waals surface area contributed by atoms with Crippen molar-refractivity contribution in [3.05, 3.63) is 29.0 Å². The lowest BCUT2D eigenvalue weighted by atomic mass is 10.1. The van der Waals surface area contributed by atoms with Gasteiger partial charge in [-0.25, -0.2) is 0 Å². The van der Waals surface area contributed by atoms with E-state index >= 15 is 0 Å². The molecule has 1 aromatic carbocycles. The Morgan fingerprint density at radius 2 is 2.18 bits per heavy atom. The molecule has 90 valence electrons. The van der Waals surface area contributed by atoms with E-state index in [1.165, 1.54) is 0 Å². The lowest BCUT2D eigenvalue weighted by Gasteiger charge is -2.01. The van der Waals surface area contributed by atoms with Crippen molar-refractivity contribution in [3.63, 3.8) is 0 Å². The molecule has 2 aromatic rings. The number of nitrogens with two attached hydrogens (primary N) is 1. The van der Waals surface area contributed by atoms with Crippen molar-refractivity contribution in [1.82, 2.24) is 10.1 Å². The van der Waals surface area contributed by atoms with Gasteiger partial charge in [0.1, 0.15) is 0 Å². The van der Waals surface area contributed by atoms with Crippen LogP contribution in [0, 0.1) is 5.92 Å². The number of rotatable bonds is 3. The van der Waals surface area contributed by atoms with Crippen LogP contribution in [0.3, 0.4) is 0 Å². The van der Waals surface area contributed by atoms with Crippen LogP contribution in [0.25, 0.3) is 11.5 Å². The smallest absolute Gasteiger partial charge is 0.260 e. The molecule has 2 N–H and O–H groups in total. The zero-order valence-electron chi connectivity index (χ0n) is 9.77. The highest BCUT2D eigenvalue weighted by Gasteiger charge is 2.13. The van der Waals surface area contributed by atoms with Crippen LogP contribution in [-0.2, 0) is 6.42 Å². The van der Waals surface area contributed by atoms with Crippen molar-refractivity contribution >= 4 is 17.3 Å². The Labute approximate surface area is 105 Å². The minimum Gasteiger partial charge on any atom is -0.397 e. The van der Waals surface area contributed by atoms with Crippen LogP contribution in [0.15, 0.2) is 22.7 Å². The predicted octanol–water partition coefficient (Wildman–Crippen LogP) is 3.17. The minimum absolute atomic E-state index is 0.417. The van der Waals surface area contributed by atoms with E-state index in [0.29, 0.717) is 33.9 Å². The summed E-state index contributed by atoms with van der Waals surface area (Å²) in [5, 5.41) is 4.41. The summed E-state index contributed by atoms with van der Waals surface area (Å²) in [7, 11) is 0. The molecule has 0 saturated heterocycles. The van der Waals surface area contributed by atoms with Gasteiger partial charge in [-0.1, -0.05) is 36.7 Å². The maximum Gasteiger partial charge on any atom is 0.260 e. The van der Waals surface area contributed by atoms with Gasteiger partial charge in [-0.15, -0.1) is 0 Å². The summed E-state index contributed by atoms with van der Waals surface area (Å²) in [6.45, 7) is 4.20. The Kier molecular flexibility index (Phi) is 3.33. The van der Waals surface area contributed by atoms with Gasteiger partial charge in [0, 0.05) is 6.42 Å². The molecule has 17 heavy (non-hydrogen) atoms. The number of hydrogen-bond acceptors (Lipinski definition) is 4. The standard InChI is InChI=1S/C12H14ClN3O/c1-7(2)6-10-15-12(17-16-10)8-4-3-5-9(13)11(8)14/h3-5,7H,6,14H2,1-2H3. The van der Waals surface area contributed by atoms with Crippen molar-refractivity contribution in [1.29, 1.82) is 0 Å². The van der Waals surface area contributed by atoms with E-state index in [1.807, 2.05) is 6.07 Å². The summed E-state index contributed by atoms with van der Waals surface area (Å²) in [5.41, 5.74) is 7.01. The fraction of sp³-hybridized carbons (Fsp3) is 0.333. The normalized spacial score (nSPS) is 11.1. The molecule has 0 atom stereocenters. The number of aromatic nitrogens is 2. The second-order valence-corrected chi connectivity index (χ2v) is 4.72. The summed E-state index contributed by atoms with van der Waals surface area (Å²) < 4.78 is 5.19. The highest BCUT2D eigenvalue weighted by atomic mass is 35.5. The van der Waals surface area contributed by atoms with E-state index in [2.05, 4.69) is 24.0 Å². The molecule has 4 nitrogen and oxygen atoms in total. The Morgan fingerprint density at radius 1 is 1.41 bits per heavy atom. The van der Waals surface area contributed by atoms with Gasteiger partial charge in [0.05, 0.1) is 16.3 Å². The van der Waals surface area contributed by atoms with E-state index < -0.39 is 0 Å². The van der Waals surface area contributed by atoms with E-state index in [1.54, 1.807) is 12.1 Å². The Hall–Kier alpha value is -1.55. The average molecular weight is 252 g/mol. The molecule has 5 heteroatoms. The lowest BCUT2D eigenvalue weighted by Crippen LogP contribution is -1.96. The summed E-state index contributed by atoms with van der Waals surface area (Å²) in [4.78, 5) is 4.31. The molecular formula is C12H14ClN3O. The molecule has 1 heterocycles. The van der Waals surface area contributed by atoms with Crippen LogP contribution in [-0.4, -0.2) is 10.1 Å². The zero-order valence-corrected chi connectivity index (χ0v) is 10.5. The number of nitrogen functional groups attached to an aromatic ring is 1. The SMILES string of the molecule is CC(C)Cc1noc(-c2cccc(Cl)c2N)n1. The summed E-state index contributed by atoms with van der Waals surface area (Å²) in [6.07, 6.45) is 0.782. The molecule has 1 aromatic heterocycles. The summed E-state index contributed by atoms with van der Waals surface area (Å²) >= 11 is 5.94. The fourth-order valence-electron chi connectivity index (χ4n) is 1.53. The first-order valence-electron chi connectivity index (χ1n) is 5.45. The van der Waals surface area contributed by atoms with Crippen molar-refractivity contribution in [3.8, 4) is 11.5 Å². The van der Waals surface area contributed by atoms with Crippen LogP contribution in [0.2, 0.25) is 5.02 Å². The molecule has 0 aliphatic rings. The first-order chi connectivity index (χ1) is 8.08. The maximum absolute atomic E-state index is 5.94. The number of anilines is 1. The zero-order chi connectivity index (χ0) is 12.4. The monoisotopic (exact) mass is 251 g/mol. The van der Waals surface area contributed by atoms with Crippen LogP contribution >= 0.6 is 11.6 Å². The van der Waals surface area contributed by atoms with Crippen molar-refractivity contribution in [2.24, 2.45) is 5.92 Å². The van der Waals surface area contributed by atoms with Crippen molar-refractivity contribution in [2.45, 2.75) is 20.3 Å². The molecule has 0 spiro atoms. The molecule has 0 saturated carbocycles. The molecule has 0 fully saturated rings. The molecule has 2 rings (SSSR count). The van der Waals surface area contributed by atoms with Gasteiger partial charge in [-0.3, -0.25) is 0 Å². The van der Waals surface area contributed by atoms with Crippen molar-refractivity contribution in [2.75, 3.05) is 5.73 Å². The molecule has 0 aliphatic heterocycles. The van der Waals surface area contributed by atoms with E-state index in [0.717, 1.165) is 6.42 Å². The molecule has 0 amide bonds. The van der Waals surface area contributed by atoms with Gasteiger partial charge in [-0.2, -0.15) is 4.98 Å². The highest BCUT2D eigenvalue weighted by molar-refractivity contribution is 6.33. The lowest BCUT2D eigenvalue weighted by molar-refractivity contribution is 0.418. The molecule has 0 unspecified atom stereocenters. The highest BCUT2D eigenvalue weighted by Crippen LogP contribution is 2.30. The summed E-state index contributed by atoms with van der Waals surface area (Å²) in [5.74, 6) is 1.59. The minimum atomic E-state index is 0.417. The van der Waals surface area contributed by atoms with Gasteiger partial charge >= 0.3 is 0 Å². The van der Waals surface area contributed by atoms with E-state index in [4.69, 9.17) is 21.9 Å². The maximum atomic E-state index is 5.94. The third-order valence-corrected chi connectivity index (χ3v) is 2.67. The summed E-state index contributed by atoms with van der Waals surface area (Å²) in [6, 6.07) is 5.35. The molecule has 0 bridgehead atoms. The fourth-order valence-corrected chi connectivity index (χ4v) is 1.71. The first kappa shape index (κ1) is 11.9. The number of hydrogen-bond donors (Lipinski definition) is 1. The molecule has 0 radical (unpaired) electrons. The number of para-hydroxylation sites is 1. The molecular weight excluding hydrogens is 238 g/mol. The van der Waals surface area contributed by atoms with Gasteiger partial charge < -0.3 is 10.3 Å². The molecule has 0 aliphatic carbocycles. The van der Waals surface area contributed by atoms with Crippen LogP contribution in [0.5, 0.6) is 0 Å². The first-order valence-corrected chi connectivity index (χ1v) is 5.82. The number of nitrogens with zero attached hydrogens (tertiary/aromatic N) is 2. The van der Waals surface area contributed by atoms with Gasteiger partial charge in [0.2, 0.25) is 0 Å². The van der Waals surface area contributed by atoms with Crippen LogP contribution < -0.4 is 5.73 Å². The van der Waals surface area contributed by atoms with Crippen LogP contribution in [0.1, 0.15) is 19.7 Å². The van der Waals surface area contributed by atoms with Gasteiger partial charge in [0.15, 0.2) is 5.82 Å². The van der Waals surface area contributed by atoms with E-state index in [9.17, 15) is 0 Å². The third-order valence-electron chi connectivity index (χ3n) is 2.34. The predicted molar refractivity (Wildman–Crippen MR) is 67.7 cm³/mol. The van der Waals surface area contributed by atoms with E-state index in [-0.39, 0.29) is 0 Å². The van der Waals surface area contributed by atoms with Gasteiger partial charge in [-0.05, 0) is 18.1 Å². The number of halogens is 1. The van der Waals surface area contributed by atoms with Crippen LogP contribution in [0.4, 0.5) is 5.69 Å². The second kappa shape index (κ2) is 4.75. The van der Waals surface area contributed by atoms with Crippen molar-refractivity contribution < 1.29 is 4.52 Å². The second-order valence-electron chi connectivity index (χ2n) is 4.31. The largest absolute Gasteiger partial charge is 0.397 e. The number of benzene rings is 1. The van der Waals surface area contributed by atoms with Gasteiger partial charge in [0.25, 0.3) is 5.89 Å².